The molecule has 0 amide bonds. The van der Waals surface area contributed by atoms with Crippen molar-refractivity contribution in [3.8, 4) is 0 Å². The summed E-state index contributed by atoms with van der Waals surface area (Å²) in [6.45, 7) is 3.74. The summed E-state index contributed by atoms with van der Waals surface area (Å²) < 4.78 is 0. The van der Waals surface area contributed by atoms with E-state index in [9.17, 15) is 4.79 Å². The van der Waals surface area contributed by atoms with Crippen molar-refractivity contribution < 1.29 is 9.90 Å². The van der Waals surface area contributed by atoms with Crippen LogP contribution in [0.4, 0.5) is 0 Å². The van der Waals surface area contributed by atoms with Crippen LogP contribution in [0.5, 0.6) is 0 Å². The maximum atomic E-state index is 10.3. The second kappa shape index (κ2) is 16.0. The summed E-state index contributed by atoms with van der Waals surface area (Å²) in [5.74, 6) is -0.682. The Balaban J connectivity index is 3.08. The molecule has 0 fully saturated rings. The van der Waals surface area contributed by atoms with Gasteiger partial charge in [0.2, 0.25) is 0 Å². The van der Waals surface area contributed by atoms with Gasteiger partial charge >= 0.3 is 5.97 Å². The fourth-order valence-electron chi connectivity index (χ4n) is 2.21. The molecule has 0 aliphatic carbocycles. The fraction of sp³-hybridized carbons (Fsp3) is 0.722. The van der Waals surface area contributed by atoms with Crippen LogP contribution in [0.15, 0.2) is 24.8 Å². The molecule has 0 rings (SSSR count). The summed E-state index contributed by atoms with van der Waals surface area (Å²) in [5, 5.41) is 8.49. The quantitative estimate of drug-likeness (QED) is 0.300. The van der Waals surface area contributed by atoms with E-state index in [2.05, 4.69) is 18.7 Å². The molecule has 2 heteroatoms. The molecule has 0 atom stereocenters. The van der Waals surface area contributed by atoms with E-state index in [1.54, 1.807) is 0 Å². The summed E-state index contributed by atoms with van der Waals surface area (Å²) in [6, 6.07) is 0. The predicted molar refractivity (Wildman–Crippen MR) is 87.0 cm³/mol. The topological polar surface area (TPSA) is 37.3 Å². The molecule has 1 N–H and O–H groups in total. The lowest BCUT2D eigenvalue weighted by Gasteiger charge is -2.00. The van der Waals surface area contributed by atoms with Crippen molar-refractivity contribution in [3.05, 3.63) is 24.8 Å². The Morgan fingerprint density at radius 3 is 1.70 bits per heavy atom. The number of carboxylic acid groups (broad SMARTS) is 1. The molecule has 0 saturated heterocycles. The first-order valence-corrected chi connectivity index (χ1v) is 8.25. The number of allylic oxidation sites excluding steroid dienone is 3. The van der Waals surface area contributed by atoms with E-state index in [0.717, 1.165) is 25.7 Å². The maximum absolute atomic E-state index is 10.3. The van der Waals surface area contributed by atoms with Crippen molar-refractivity contribution in [1.82, 2.24) is 0 Å². The zero-order valence-electron chi connectivity index (χ0n) is 13.0. The third kappa shape index (κ3) is 16.9. The first-order valence-electron chi connectivity index (χ1n) is 8.25. The van der Waals surface area contributed by atoms with Gasteiger partial charge in [-0.3, -0.25) is 4.79 Å². The summed E-state index contributed by atoms with van der Waals surface area (Å²) in [6.07, 6.45) is 21.3. The Hall–Kier alpha value is -1.05. The van der Waals surface area contributed by atoms with Gasteiger partial charge in [0.05, 0.1) is 0 Å². The van der Waals surface area contributed by atoms with Crippen molar-refractivity contribution >= 4 is 5.97 Å². The largest absolute Gasteiger partial charge is 0.481 e. The second-order valence-electron chi connectivity index (χ2n) is 5.45. The number of rotatable bonds is 15. The zero-order chi connectivity index (χ0) is 14.9. The van der Waals surface area contributed by atoms with E-state index in [-0.39, 0.29) is 0 Å². The lowest BCUT2D eigenvalue weighted by Crippen LogP contribution is -1.92. The first kappa shape index (κ1) is 18.9. The van der Waals surface area contributed by atoms with Crippen LogP contribution in [-0.2, 0) is 4.79 Å². The van der Waals surface area contributed by atoms with Crippen LogP contribution in [0, 0.1) is 0 Å². The third-order valence-electron chi connectivity index (χ3n) is 3.46. The monoisotopic (exact) mass is 280 g/mol. The highest BCUT2D eigenvalue weighted by atomic mass is 16.4. The van der Waals surface area contributed by atoms with E-state index in [4.69, 9.17) is 5.11 Å². The van der Waals surface area contributed by atoms with Gasteiger partial charge in [-0.25, -0.2) is 0 Å². The van der Waals surface area contributed by atoms with Crippen LogP contribution in [0.1, 0.15) is 83.5 Å². The van der Waals surface area contributed by atoms with Crippen LogP contribution in [0.3, 0.4) is 0 Å². The van der Waals surface area contributed by atoms with Crippen LogP contribution < -0.4 is 0 Å². The molecule has 20 heavy (non-hydrogen) atoms. The molecule has 0 aliphatic heterocycles. The predicted octanol–water partition coefficient (Wildman–Crippen LogP) is 5.88. The smallest absolute Gasteiger partial charge is 0.303 e. The standard InChI is InChI=1S/C18H32O2/c1-2-3-4-5-6-7-8-9-10-11-12-13-14-15-16-17-18(19)20/h2,12-13H,1,3-11,14-17H2,(H,19,20)/b13-12-. The normalized spacial score (nSPS) is 11.0. The summed E-state index contributed by atoms with van der Waals surface area (Å²) in [5.41, 5.74) is 0. The average Bonchev–Trinajstić information content (AvgIpc) is 2.43. The van der Waals surface area contributed by atoms with Gasteiger partial charge in [0.1, 0.15) is 0 Å². The Morgan fingerprint density at radius 1 is 0.750 bits per heavy atom. The van der Waals surface area contributed by atoms with Gasteiger partial charge in [-0.1, -0.05) is 50.3 Å². The Kier molecular flexibility index (Phi) is 15.2. The Labute approximate surface area is 125 Å². The molecule has 0 spiro atoms. The number of hydrogen-bond donors (Lipinski definition) is 1. The van der Waals surface area contributed by atoms with Crippen molar-refractivity contribution in [3.63, 3.8) is 0 Å². The molecule has 0 aromatic heterocycles. The molecular formula is C18H32O2. The van der Waals surface area contributed by atoms with Crippen LogP contribution >= 0.6 is 0 Å². The first-order chi connectivity index (χ1) is 9.77. The molecule has 0 aliphatic rings. The lowest BCUT2D eigenvalue weighted by molar-refractivity contribution is -0.137. The van der Waals surface area contributed by atoms with Gasteiger partial charge in [0, 0.05) is 6.42 Å². The van der Waals surface area contributed by atoms with Gasteiger partial charge in [0.15, 0.2) is 0 Å². The van der Waals surface area contributed by atoms with Gasteiger partial charge in [-0.05, 0) is 44.9 Å². The fourth-order valence-corrected chi connectivity index (χ4v) is 2.21. The molecule has 0 saturated carbocycles. The van der Waals surface area contributed by atoms with Gasteiger partial charge in [-0.2, -0.15) is 0 Å². The van der Waals surface area contributed by atoms with Crippen molar-refractivity contribution in [2.24, 2.45) is 0 Å². The highest BCUT2D eigenvalue weighted by molar-refractivity contribution is 5.66. The minimum Gasteiger partial charge on any atom is -0.481 e. The zero-order valence-corrected chi connectivity index (χ0v) is 13.0. The molecule has 0 aromatic carbocycles. The minimum absolute atomic E-state index is 0.306. The lowest BCUT2D eigenvalue weighted by atomic mass is 10.1. The van der Waals surface area contributed by atoms with Gasteiger partial charge < -0.3 is 5.11 Å². The molecule has 0 unspecified atom stereocenters. The highest BCUT2D eigenvalue weighted by Gasteiger charge is 1.94. The second-order valence-corrected chi connectivity index (χ2v) is 5.45. The number of unbranched alkanes of at least 4 members (excludes halogenated alkanes) is 10. The molecular weight excluding hydrogens is 248 g/mol. The van der Waals surface area contributed by atoms with Crippen molar-refractivity contribution in [2.45, 2.75) is 83.5 Å². The maximum Gasteiger partial charge on any atom is 0.303 e. The van der Waals surface area contributed by atoms with E-state index < -0.39 is 5.97 Å². The molecule has 0 bridgehead atoms. The third-order valence-corrected chi connectivity index (χ3v) is 3.46. The number of hydrogen-bond acceptors (Lipinski definition) is 1. The number of aliphatic carboxylic acids is 1. The van der Waals surface area contributed by atoms with Crippen molar-refractivity contribution in [2.75, 3.05) is 0 Å². The van der Waals surface area contributed by atoms with Crippen LogP contribution in [0.25, 0.3) is 0 Å². The van der Waals surface area contributed by atoms with Crippen LogP contribution in [0.2, 0.25) is 0 Å². The van der Waals surface area contributed by atoms with E-state index in [0.29, 0.717) is 6.42 Å². The Bertz CT molecular complexity index is 256. The summed E-state index contributed by atoms with van der Waals surface area (Å²) in [4.78, 5) is 10.3. The Morgan fingerprint density at radius 2 is 1.20 bits per heavy atom. The summed E-state index contributed by atoms with van der Waals surface area (Å²) >= 11 is 0. The molecule has 0 heterocycles. The molecule has 116 valence electrons. The van der Waals surface area contributed by atoms with Gasteiger partial charge in [-0.15, -0.1) is 6.58 Å². The highest BCUT2D eigenvalue weighted by Crippen LogP contribution is 2.10. The molecule has 0 aromatic rings. The average molecular weight is 280 g/mol. The summed E-state index contributed by atoms with van der Waals surface area (Å²) in [7, 11) is 0. The van der Waals surface area contributed by atoms with E-state index in [1.165, 1.54) is 51.4 Å². The van der Waals surface area contributed by atoms with E-state index >= 15 is 0 Å². The molecule has 0 radical (unpaired) electrons. The van der Waals surface area contributed by atoms with Crippen LogP contribution in [-0.4, -0.2) is 11.1 Å². The number of carbonyl (C=O) groups is 1. The number of carboxylic acids is 1. The minimum atomic E-state index is -0.682. The molecule has 2 nitrogen and oxygen atoms in total. The van der Waals surface area contributed by atoms with Gasteiger partial charge in [0.25, 0.3) is 0 Å². The SMILES string of the molecule is C=CCCCCCCCCC/C=C\CCCCC(=O)O. The van der Waals surface area contributed by atoms with Crippen molar-refractivity contribution in [1.29, 1.82) is 0 Å². The van der Waals surface area contributed by atoms with E-state index in [1.807, 2.05) is 6.08 Å².